The standard InChI is InChI=1S/C16H15ClN2O2S2/c17-15-7-6-14(22-15)16-11-3-1-2-10(11)12-8-9(23(18,20)21)4-5-13(12)19-16/h1-2,4-8,10-11,16,19H,3H2,(H2,18,20,21). The molecule has 2 aromatic rings. The van der Waals surface area contributed by atoms with E-state index in [1.807, 2.05) is 6.07 Å². The van der Waals surface area contributed by atoms with E-state index >= 15 is 0 Å². The average Bonchev–Trinajstić information content (AvgIpc) is 3.13. The number of fused-ring (bicyclic) bond motifs is 3. The average molecular weight is 367 g/mol. The first kappa shape index (κ1) is 15.2. The molecule has 0 bridgehead atoms. The van der Waals surface area contributed by atoms with Gasteiger partial charge >= 0.3 is 0 Å². The quantitative estimate of drug-likeness (QED) is 0.792. The van der Waals surface area contributed by atoms with E-state index in [0.29, 0.717) is 5.92 Å². The molecule has 3 N–H and O–H groups in total. The summed E-state index contributed by atoms with van der Waals surface area (Å²) in [5, 5.41) is 8.82. The lowest BCUT2D eigenvalue weighted by Crippen LogP contribution is -2.28. The summed E-state index contributed by atoms with van der Waals surface area (Å²) in [6, 6.07) is 9.21. The van der Waals surface area contributed by atoms with Gasteiger partial charge in [-0.25, -0.2) is 13.6 Å². The topological polar surface area (TPSA) is 72.2 Å². The van der Waals surface area contributed by atoms with Gasteiger partial charge in [-0.05, 0) is 48.2 Å². The second-order valence-corrected chi connectivity index (χ2v) is 9.22. The van der Waals surface area contributed by atoms with Crippen LogP contribution in [0.25, 0.3) is 0 Å². The summed E-state index contributed by atoms with van der Waals surface area (Å²) < 4.78 is 24.0. The molecule has 4 rings (SSSR count). The first-order chi connectivity index (χ1) is 10.9. The largest absolute Gasteiger partial charge is 0.377 e. The normalized spacial score (nSPS) is 25.7. The van der Waals surface area contributed by atoms with Gasteiger partial charge in [0.15, 0.2) is 0 Å². The molecule has 23 heavy (non-hydrogen) atoms. The van der Waals surface area contributed by atoms with E-state index in [1.54, 1.807) is 29.5 Å². The van der Waals surface area contributed by atoms with Crippen molar-refractivity contribution in [3.8, 4) is 0 Å². The maximum absolute atomic E-state index is 11.6. The number of nitrogens with two attached hydrogens (primary N) is 1. The Morgan fingerprint density at radius 1 is 1.26 bits per heavy atom. The summed E-state index contributed by atoms with van der Waals surface area (Å²) in [6.45, 7) is 0. The molecule has 0 fully saturated rings. The van der Waals surface area contributed by atoms with Crippen molar-refractivity contribution in [3.05, 3.63) is 57.3 Å². The zero-order chi connectivity index (χ0) is 16.2. The van der Waals surface area contributed by atoms with Crippen molar-refractivity contribution in [1.82, 2.24) is 0 Å². The van der Waals surface area contributed by atoms with E-state index in [0.717, 1.165) is 22.0 Å². The van der Waals surface area contributed by atoms with E-state index < -0.39 is 10.0 Å². The zero-order valence-electron chi connectivity index (χ0n) is 12.1. The Morgan fingerprint density at radius 3 is 2.78 bits per heavy atom. The monoisotopic (exact) mass is 366 g/mol. The predicted octanol–water partition coefficient (Wildman–Crippen LogP) is 3.88. The predicted molar refractivity (Wildman–Crippen MR) is 93.5 cm³/mol. The second-order valence-electron chi connectivity index (χ2n) is 5.91. The van der Waals surface area contributed by atoms with Crippen molar-refractivity contribution in [2.24, 2.45) is 11.1 Å². The number of thiophene rings is 1. The molecule has 3 unspecified atom stereocenters. The molecule has 3 atom stereocenters. The molecule has 0 saturated carbocycles. The number of halogens is 1. The number of hydrogen-bond acceptors (Lipinski definition) is 4. The van der Waals surface area contributed by atoms with Crippen molar-refractivity contribution in [3.63, 3.8) is 0 Å². The van der Waals surface area contributed by atoms with Gasteiger partial charge in [-0.1, -0.05) is 23.8 Å². The van der Waals surface area contributed by atoms with E-state index in [4.69, 9.17) is 16.7 Å². The fourth-order valence-corrected chi connectivity index (χ4v) is 5.26. The lowest BCUT2D eigenvalue weighted by molar-refractivity contribution is 0.429. The first-order valence-electron chi connectivity index (χ1n) is 7.28. The molecule has 0 spiro atoms. The highest BCUT2D eigenvalue weighted by Gasteiger charge is 2.38. The number of primary sulfonamides is 1. The number of nitrogens with one attached hydrogen (secondary N) is 1. The molecule has 2 heterocycles. The van der Waals surface area contributed by atoms with E-state index in [1.165, 1.54) is 4.88 Å². The number of hydrogen-bond donors (Lipinski definition) is 2. The van der Waals surface area contributed by atoms with Gasteiger partial charge < -0.3 is 5.32 Å². The van der Waals surface area contributed by atoms with Gasteiger partial charge in [-0.2, -0.15) is 0 Å². The zero-order valence-corrected chi connectivity index (χ0v) is 14.5. The van der Waals surface area contributed by atoms with Crippen molar-refractivity contribution >= 4 is 38.6 Å². The minimum Gasteiger partial charge on any atom is -0.377 e. The van der Waals surface area contributed by atoms with Crippen LogP contribution >= 0.6 is 22.9 Å². The van der Waals surface area contributed by atoms with Crippen LogP contribution < -0.4 is 10.5 Å². The van der Waals surface area contributed by atoms with Gasteiger partial charge in [0.25, 0.3) is 0 Å². The summed E-state index contributed by atoms with van der Waals surface area (Å²) in [7, 11) is -3.69. The SMILES string of the molecule is NS(=O)(=O)c1ccc2c(c1)C1C=CCC1C(c1ccc(Cl)s1)N2. The van der Waals surface area contributed by atoms with Gasteiger partial charge in [0.05, 0.1) is 15.3 Å². The Morgan fingerprint density at radius 2 is 2.09 bits per heavy atom. The molecule has 0 saturated heterocycles. The van der Waals surface area contributed by atoms with E-state index in [-0.39, 0.29) is 16.9 Å². The Bertz CT molecular complexity index is 905. The van der Waals surface area contributed by atoms with Crippen molar-refractivity contribution in [2.75, 3.05) is 5.32 Å². The minimum absolute atomic E-state index is 0.162. The molecule has 2 aliphatic rings. The summed E-state index contributed by atoms with van der Waals surface area (Å²) in [4.78, 5) is 1.37. The fraction of sp³-hybridized carbons (Fsp3) is 0.250. The maximum Gasteiger partial charge on any atom is 0.238 e. The minimum atomic E-state index is -3.69. The first-order valence-corrected chi connectivity index (χ1v) is 10.0. The number of benzene rings is 1. The molecule has 1 aromatic heterocycles. The lowest BCUT2D eigenvalue weighted by Gasteiger charge is -2.37. The van der Waals surface area contributed by atoms with Crippen LogP contribution in [0.3, 0.4) is 0 Å². The molecule has 7 heteroatoms. The van der Waals surface area contributed by atoms with Crippen molar-refractivity contribution < 1.29 is 8.42 Å². The summed E-state index contributed by atoms with van der Waals surface area (Å²) in [6.07, 6.45) is 5.29. The Labute approximate surface area is 144 Å². The molecule has 0 amide bonds. The summed E-state index contributed by atoms with van der Waals surface area (Å²) in [5.41, 5.74) is 1.95. The third-order valence-electron chi connectivity index (χ3n) is 4.56. The highest BCUT2D eigenvalue weighted by Crippen LogP contribution is 2.51. The number of rotatable bonds is 2. The number of sulfonamides is 1. The van der Waals surface area contributed by atoms with Gasteiger partial charge in [-0.15, -0.1) is 11.3 Å². The lowest BCUT2D eigenvalue weighted by atomic mass is 9.79. The van der Waals surface area contributed by atoms with Crippen molar-refractivity contribution in [1.29, 1.82) is 0 Å². The van der Waals surface area contributed by atoms with E-state index in [2.05, 4.69) is 23.5 Å². The highest BCUT2D eigenvalue weighted by molar-refractivity contribution is 7.89. The van der Waals surface area contributed by atoms with Crippen LogP contribution in [0.5, 0.6) is 0 Å². The van der Waals surface area contributed by atoms with Crippen LogP contribution in [0, 0.1) is 5.92 Å². The molecule has 1 aliphatic heterocycles. The molecule has 120 valence electrons. The molecule has 1 aliphatic carbocycles. The smallest absolute Gasteiger partial charge is 0.238 e. The van der Waals surface area contributed by atoms with E-state index in [9.17, 15) is 8.42 Å². The Hall–Kier alpha value is -1.34. The van der Waals surface area contributed by atoms with Gasteiger partial charge in [0.2, 0.25) is 10.0 Å². The third-order valence-corrected chi connectivity index (χ3v) is 6.79. The van der Waals surface area contributed by atoms with Crippen LogP contribution in [0.1, 0.15) is 28.8 Å². The van der Waals surface area contributed by atoms with Gasteiger partial charge in [0, 0.05) is 16.5 Å². The van der Waals surface area contributed by atoms with Crippen molar-refractivity contribution in [2.45, 2.75) is 23.3 Å². The number of anilines is 1. The van der Waals surface area contributed by atoms with Crippen LogP contribution in [-0.4, -0.2) is 8.42 Å². The molecular formula is C16H15ClN2O2S2. The van der Waals surface area contributed by atoms with Gasteiger partial charge in [0.1, 0.15) is 0 Å². The fourth-order valence-electron chi connectivity index (χ4n) is 3.53. The third kappa shape index (κ3) is 2.59. The van der Waals surface area contributed by atoms with Crippen LogP contribution in [0.15, 0.2) is 47.4 Å². The summed E-state index contributed by atoms with van der Waals surface area (Å²) in [5.74, 6) is 0.548. The van der Waals surface area contributed by atoms with Crippen LogP contribution in [0.2, 0.25) is 4.34 Å². The van der Waals surface area contributed by atoms with Crippen LogP contribution in [-0.2, 0) is 10.0 Å². The second kappa shape index (κ2) is 5.34. The number of allylic oxidation sites excluding steroid dienone is 2. The highest BCUT2D eigenvalue weighted by atomic mass is 35.5. The molecule has 4 nitrogen and oxygen atoms in total. The summed E-state index contributed by atoms with van der Waals surface area (Å²) >= 11 is 7.67. The Kier molecular flexibility index (Phi) is 3.53. The molecular weight excluding hydrogens is 352 g/mol. The van der Waals surface area contributed by atoms with Crippen LogP contribution in [0.4, 0.5) is 5.69 Å². The molecule has 1 aromatic carbocycles. The Balaban J connectivity index is 1.80. The maximum atomic E-state index is 11.6. The van der Waals surface area contributed by atoms with Gasteiger partial charge in [-0.3, -0.25) is 0 Å². The molecule has 0 radical (unpaired) electrons.